The quantitative estimate of drug-likeness (QED) is 0.166. The minimum Gasteiger partial charge on any atom is -0.396 e. The number of hydrogen-bond donors (Lipinski definition) is 3. The zero-order valence-corrected chi connectivity index (χ0v) is 27.4. The Kier molecular flexibility index (Phi) is 11.3. The Morgan fingerprint density at radius 3 is 2.30 bits per heavy atom. The van der Waals surface area contributed by atoms with Crippen molar-refractivity contribution in [2.24, 2.45) is 22.3 Å². The van der Waals surface area contributed by atoms with Crippen molar-refractivity contribution >= 4 is 36.5 Å². The molecule has 3 amide bonds. The van der Waals surface area contributed by atoms with Crippen LogP contribution in [0.4, 0.5) is 5.69 Å². The second kappa shape index (κ2) is 14.9. The minimum absolute atomic E-state index is 0.119. The number of nitrogens with zero attached hydrogens (tertiary/aromatic N) is 4. The molecule has 3 aliphatic rings. The highest BCUT2D eigenvalue weighted by molar-refractivity contribution is 6.02. The van der Waals surface area contributed by atoms with E-state index in [2.05, 4.69) is 26.9 Å². The lowest BCUT2D eigenvalue weighted by Crippen LogP contribution is -2.62. The number of likely N-dealkylation sites (tertiary alicyclic amines) is 2. The molecular formula is C34H49N7O5. The van der Waals surface area contributed by atoms with Crippen molar-refractivity contribution in [3.05, 3.63) is 53.0 Å². The van der Waals surface area contributed by atoms with Gasteiger partial charge in [0.05, 0.1) is 17.1 Å². The van der Waals surface area contributed by atoms with E-state index >= 15 is 0 Å². The molecule has 0 aliphatic carbocycles. The van der Waals surface area contributed by atoms with Crippen LogP contribution in [-0.4, -0.2) is 104 Å². The van der Waals surface area contributed by atoms with Gasteiger partial charge >= 0.3 is 0 Å². The van der Waals surface area contributed by atoms with E-state index in [1.165, 1.54) is 0 Å². The van der Waals surface area contributed by atoms with Crippen molar-refractivity contribution in [1.82, 2.24) is 20.0 Å². The maximum atomic E-state index is 13.4. The average molecular weight is 636 g/mol. The number of nitrogens with one attached hydrogen (secondary N) is 1. The summed E-state index contributed by atoms with van der Waals surface area (Å²) < 4.78 is 0. The molecule has 0 bridgehead atoms. The van der Waals surface area contributed by atoms with E-state index < -0.39 is 5.91 Å². The van der Waals surface area contributed by atoms with E-state index in [4.69, 9.17) is 11.5 Å². The third-order valence-electron chi connectivity index (χ3n) is 10.2. The lowest BCUT2D eigenvalue weighted by atomic mass is 9.70. The van der Waals surface area contributed by atoms with Crippen LogP contribution in [0.25, 0.3) is 0 Å². The number of amides is 3. The van der Waals surface area contributed by atoms with Crippen LogP contribution < -0.4 is 21.7 Å². The number of hydrogen-bond acceptors (Lipinski definition) is 10. The summed E-state index contributed by atoms with van der Waals surface area (Å²) in [5, 5.41) is 2.11. The zero-order valence-electron chi connectivity index (χ0n) is 27.4. The molecule has 0 radical (unpaired) electrons. The van der Waals surface area contributed by atoms with Crippen molar-refractivity contribution in [1.29, 1.82) is 0 Å². The zero-order chi connectivity index (χ0) is 33.5. The highest BCUT2D eigenvalue weighted by atomic mass is 16.2. The van der Waals surface area contributed by atoms with Crippen LogP contribution in [0.5, 0.6) is 0 Å². The molecule has 0 saturated carbocycles. The largest absolute Gasteiger partial charge is 0.396 e. The number of anilines is 1. The van der Waals surface area contributed by atoms with Gasteiger partial charge < -0.3 is 31.1 Å². The molecule has 1 aromatic rings. The molecule has 3 saturated heterocycles. The number of aldehydes is 2. The van der Waals surface area contributed by atoms with Crippen LogP contribution in [0.15, 0.2) is 41.9 Å². The lowest BCUT2D eigenvalue weighted by Gasteiger charge is -2.57. The molecule has 1 unspecified atom stereocenters. The van der Waals surface area contributed by atoms with Gasteiger partial charge in [-0.3, -0.25) is 29.3 Å². The van der Waals surface area contributed by atoms with Crippen LogP contribution in [0.3, 0.4) is 0 Å². The molecule has 1 aromatic carbocycles. The molecule has 1 atom stereocenters. The van der Waals surface area contributed by atoms with E-state index in [9.17, 15) is 24.0 Å². The Morgan fingerprint density at radius 2 is 1.70 bits per heavy atom. The Bertz CT molecular complexity index is 1350. The number of carbonyl (C=O) groups is 5. The standard InChI is InChI=1S/C34H49N7O5/c1-25(4-9-31(45)37-24-44)38(3)32(46)29-18-28(7-5-26(29)19-42)40-16-12-34(13-17-40)22-39(23-34)21-33(2)10-14-41(15-11-33)30(36)8-6-27(35)20-43/h5-8,18-20,24-25H,4,9-17,21-23,35-36H2,1-3H3,(H,37,44,45)/b27-6-,30-8+. The Hall–Kier alpha value is -4.19. The summed E-state index contributed by atoms with van der Waals surface area (Å²) in [5.74, 6) is -0.0242. The summed E-state index contributed by atoms with van der Waals surface area (Å²) in [4.78, 5) is 66.7. The molecule has 46 heavy (non-hydrogen) atoms. The molecular weight excluding hydrogens is 586 g/mol. The van der Waals surface area contributed by atoms with Crippen LogP contribution >= 0.6 is 0 Å². The van der Waals surface area contributed by atoms with Crippen LogP contribution in [0.1, 0.15) is 73.1 Å². The molecule has 12 nitrogen and oxygen atoms in total. The second-order valence-electron chi connectivity index (χ2n) is 13.7. The first-order chi connectivity index (χ1) is 21.9. The van der Waals surface area contributed by atoms with Gasteiger partial charge in [-0.25, -0.2) is 0 Å². The van der Waals surface area contributed by atoms with Gasteiger partial charge in [0.1, 0.15) is 0 Å². The van der Waals surface area contributed by atoms with E-state index in [0.717, 1.165) is 77.2 Å². The van der Waals surface area contributed by atoms with Gasteiger partial charge in [-0.1, -0.05) is 6.92 Å². The van der Waals surface area contributed by atoms with E-state index in [-0.39, 0.29) is 29.5 Å². The molecule has 4 rings (SSSR count). The summed E-state index contributed by atoms with van der Waals surface area (Å²) in [6, 6.07) is 5.20. The van der Waals surface area contributed by atoms with E-state index in [1.54, 1.807) is 30.2 Å². The lowest BCUT2D eigenvalue weighted by molar-refractivity contribution is -0.125. The van der Waals surface area contributed by atoms with Gasteiger partial charge in [0.15, 0.2) is 12.6 Å². The minimum atomic E-state index is -0.391. The highest BCUT2D eigenvalue weighted by Crippen LogP contribution is 2.44. The summed E-state index contributed by atoms with van der Waals surface area (Å²) in [6.45, 7) is 11.0. The fourth-order valence-corrected chi connectivity index (χ4v) is 6.99. The van der Waals surface area contributed by atoms with Gasteiger partial charge in [0.2, 0.25) is 12.3 Å². The van der Waals surface area contributed by atoms with Crippen molar-refractivity contribution < 1.29 is 24.0 Å². The Balaban J connectivity index is 1.28. The normalized spacial score (nSPS) is 20.4. The first-order valence-electron chi connectivity index (χ1n) is 16.1. The Labute approximate surface area is 271 Å². The third-order valence-corrected chi connectivity index (χ3v) is 10.2. The molecule has 1 spiro atoms. The fourth-order valence-electron chi connectivity index (χ4n) is 6.99. The summed E-state index contributed by atoms with van der Waals surface area (Å²) in [5.41, 5.74) is 14.1. The number of piperidine rings is 2. The number of rotatable bonds is 13. The summed E-state index contributed by atoms with van der Waals surface area (Å²) in [7, 11) is 1.67. The predicted molar refractivity (Wildman–Crippen MR) is 177 cm³/mol. The molecule has 12 heteroatoms. The van der Waals surface area contributed by atoms with Gasteiger partial charge in [-0.05, 0) is 80.2 Å². The topological polar surface area (TPSA) is 162 Å². The van der Waals surface area contributed by atoms with Gasteiger partial charge in [0.25, 0.3) is 5.91 Å². The first kappa shape index (κ1) is 34.7. The maximum absolute atomic E-state index is 13.4. The average Bonchev–Trinajstić information content (AvgIpc) is 3.04. The second-order valence-corrected chi connectivity index (χ2v) is 13.7. The van der Waals surface area contributed by atoms with Crippen LogP contribution in [0, 0.1) is 10.8 Å². The molecule has 0 aromatic heterocycles. The molecule has 3 heterocycles. The van der Waals surface area contributed by atoms with Crippen molar-refractivity contribution in [2.75, 3.05) is 57.8 Å². The summed E-state index contributed by atoms with van der Waals surface area (Å²) in [6.07, 6.45) is 9.68. The van der Waals surface area contributed by atoms with E-state index in [0.29, 0.717) is 47.8 Å². The molecule has 3 aliphatic heterocycles. The van der Waals surface area contributed by atoms with Crippen molar-refractivity contribution in [2.45, 2.75) is 58.4 Å². The van der Waals surface area contributed by atoms with Gasteiger partial charge in [0, 0.05) is 76.6 Å². The molecule has 3 fully saturated rings. The predicted octanol–water partition coefficient (Wildman–Crippen LogP) is 1.86. The van der Waals surface area contributed by atoms with Crippen molar-refractivity contribution in [3.63, 3.8) is 0 Å². The smallest absolute Gasteiger partial charge is 0.254 e. The number of allylic oxidation sites excluding steroid dienone is 3. The van der Waals surface area contributed by atoms with Crippen molar-refractivity contribution in [3.8, 4) is 0 Å². The highest BCUT2D eigenvalue weighted by Gasteiger charge is 2.47. The number of nitrogens with two attached hydrogens (primary N) is 2. The fraction of sp³-hybridized carbons (Fsp3) is 0.559. The van der Waals surface area contributed by atoms with Crippen LogP contribution in [0.2, 0.25) is 0 Å². The van der Waals surface area contributed by atoms with E-state index in [1.807, 2.05) is 19.1 Å². The SMILES string of the molecule is CC(CCC(=O)NC=O)N(C)C(=O)c1cc(N2CCC3(CC2)CN(CC2(C)CCN(/C(N)=C/C=C(\N)C=O)CC2)C3)ccc1C=O. The number of imide groups is 1. The molecule has 250 valence electrons. The Morgan fingerprint density at radius 1 is 1.02 bits per heavy atom. The molecule has 5 N–H and O–H groups in total. The maximum Gasteiger partial charge on any atom is 0.254 e. The number of benzene rings is 1. The summed E-state index contributed by atoms with van der Waals surface area (Å²) >= 11 is 0. The van der Waals surface area contributed by atoms with Gasteiger partial charge in [-0.15, -0.1) is 0 Å². The first-order valence-corrected chi connectivity index (χ1v) is 16.1. The van der Waals surface area contributed by atoms with Gasteiger partial charge in [-0.2, -0.15) is 0 Å². The van der Waals surface area contributed by atoms with Crippen LogP contribution in [-0.2, 0) is 14.4 Å². The number of carbonyl (C=O) groups excluding carboxylic acids is 5. The monoisotopic (exact) mass is 635 g/mol. The third kappa shape index (κ3) is 8.34.